The summed E-state index contributed by atoms with van der Waals surface area (Å²) in [5.74, 6) is 0. The minimum absolute atomic E-state index is 0.126. The largest absolute Gasteiger partial charge is 0.398 e. The van der Waals surface area contributed by atoms with E-state index in [4.69, 9.17) is 10.8 Å². The maximum absolute atomic E-state index is 8.96. The van der Waals surface area contributed by atoms with Gasteiger partial charge >= 0.3 is 0 Å². The van der Waals surface area contributed by atoms with Crippen molar-refractivity contribution in [2.45, 2.75) is 6.42 Å². The third kappa shape index (κ3) is 1.82. The van der Waals surface area contributed by atoms with Crippen LogP contribution < -0.4 is 5.73 Å². The number of rotatable bonds is 3. The third-order valence-electron chi connectivity index (χ3n) is 2.80. The lowest BCUT2D eigenvalue weighted by Gasteiger charge is -2.11. The second kappa shape index (κ2) is 4.41. The Bertz CT molecular complexity index is 488. The first-order valence-electron chi connectivity index (χ1n) is 5.34. The minimum atomic E-state index is 0.126. The summed E-state index contributed by atoms with van der Waals surface area (Å²) in [5.41, 5.74) is 9.99. The van der Waals surface area contributed by atoms with Crippen molar-refractivity contribution in [3.05, 3.63) is 42.1 Å². The van der Waals surface area contributed by atoms with Crippen LogP contribution in [0.3, 0.4) is 0 Å². The molecule has 0 aliphatic rings. The SMILES string of the molecule is Cn1cccc1-c1cccc(CCO)c1N. The van der Waals surface area contributed by atoms with Gasteiger partial charge in [0.1, 0.15) is 0 Å². The fourth-order valence-corrected chi connectivity index (χ4v) is 1.92. The number of nitrogens with two attached hydrogens (primary N) is 1. The van der Waals surface area contributed by atoms with Crippen LogP contribution in [0, 0.1) is 0 Å². The van der Waals surface area contributed by atoms with Gasteiger partial charge in [-0.3, -0.25) is 0 Å². The van der Waals surface area contributed by atoms with E-state index in [2.05, 4.69) is 0 Å². The molecule has 0 unspecified atom stereocenters. The van der Waals surface area contributed by atoms with Crippen LogP contribution in [0.1, 0.15) is 5.56 Å². The average molecular weight is 216 g/mol. The lowest BCUT2D eigenvalue weighted by atomic mass is 10.0. The van der Waals surface area contributed by atoms with Gasteiger partial charge in [0.2, 0.25) is 0 Å². The van der Waals surface area contributed by atoms with Crippen LogP contribution in [-0.4, -0.2) is 16.3 Å². The molecule has 1 heterocycles. The van der Waals surface area contributed by atoms with Gasteiger partial charge in [0.25, 0.3) is 0 Å². The number of benzene rings is 1. The molecule has 3 heteroatoms. The summed E-state index contributed by atoms with van der Waals surface area (Å²) in [5, 5.41) is 8.96. The Morgan fingerprint density at radius 1 is 1.25 bits per heavy atom. The maximum atomic E-state index is 8.96. The number of hydrogen-bond acceptors (Lipinski definition) is 2. The second-order valence-electron chi connectivity index (χ2n) is 3.86. The number of anilines is 1. The summed E-state index contributed by atoms with van der Waals surface area (Å²) in [6.45, 7) is 0.126. The van der Waals surface area contributed by atoms with Crippen molar-refractivity contribution in [1.82, 2.24) is 4.57 Å². The van der Waals surface area contributed by atoms with Crippen molar-refractivity contribution in [1.29, 1.82) is 0 Å². The highest BCUT2D eigenvalue weighted by Gasteiger charge is 2.08. The molecule has 0 saturated carbocycles. The Balaban J connectivity index is 2.50. The van der Waals surface area contributed by atoms with E-state index < -0.39 is 0 Å². The van der Waals surface area contributed by atoms with Gasteiger partial charge in [-0.1, -0.05) is 18.2 Å². The van der Waals surface area contributed by atoms with E-state index in [0.717, 1.165) is 22.5 Å². The molecule has 2 aromatic rings. The van der Waals surface area contributed by atoms with Gasteiger partial charge in [-0.05, 0) is 24.1 Å². The van der Waals surface area contributed by atoms with E-state index >= 15 is 0 Å². The van der Waals surface area contributed by atoms with Crippen LogP contribution >= 0.6 is 0 Å². The predicted octanol–water partition coefficient (Wildman–Crippen LogP) is 1.81. The Labute approximate surface area is 95.1 Å². The van der Waals surface area contributed by atoms with Gasteiger partial charge in [0.15, 0.2) is 0 Å². The maximum Gasteiger partial charge on any atom is 0.0498 e. The van der Waals surface area contributed by atoms with Crippen molar-refractivity contribution >= 4 is 5.69 Å². The number of aromatic nitrogens is 1. The van der Waals surface area contributed by atoms with Crippen molar-refractivity contribution in [3.63, 3.8) is 0 Å². The first-order chi connectivity index (χ1) is 7.74. The molecule has 0 amide bonds. The van der Waals surface area contributed by atoms with Crippen LogP contribution in [0.2, 0.25) is 0 Å². The van der Waals surface area contributed by atoms with E-state index in [1.54, 1.807) is 0 Å². The number of hydrogen-bond donors (Lipinski definition) is 2. The molecule has 1 aromatic heterocycles. The van der Waals surface area contributed by atoms with E-state index in [1.807, 2.05) is 48.1 Å². The van der Waals surface area contributed by atoms with E-state index in [1.165, 1.54) is 0 Å². The molecule has 0 saturated heterocycles. The molecule has 0 radical (unpaired) electrons. The highest BCUT2D eigenvalue weighted by atomic mass is 16.2. The highest BCUT2D eigenvalue weighted by Crippen LogP contribution is 2.28. The standard InChI is InChI=1S/C13H16N2O/c1-15-8-3-6-12(15)11-5-2-4-10(7-9-16)13(11)14/h2-6,8,16H,7,9,14H2,1H3. The fraction of sp³-hybridized carbons (Fsp3) is 0.231. The molecule has 3 nitrogen and oxygen atoms in total. The van der Waals surface area contributed by atoms with Crippen LogP contribution in [-0.2, 0) is 13.5 Å². The van der Waals surface area contributed by atoms with Crippen molar-refractivity contribution in [2.75, 3.05) is 12.3 Å². The van der Waals surface area contributed by atoms with Gasteiger partial charge in [0.05, 0.1) is 0 Å². The van der Waals surface area contributed by atoms with E-state index in [0.29, 0.717) is 6.42 Å². The molecule has 84 valence electrons. The molecule has 0 aliphatic heterocycles. The summed E-state index contributed by atoms with van der Waals surface area (Å²) in [7, 11) is 1.99. The number of para-hydroxylation sites is 1. The quantitative estimate of drug-likeness (QED) is 0.769. The molecule has 2 rings (SSSR count). The minimum Gasteiger partial charge on any atom is -0.398 e. The molecule has 16 heavy (non-hydrogen) atoms. The summed E-state index contributed by atoms with van der Waals surface area (Å²) in [6, 6.07) is 9.97. The lowest BCUT2D eigenvalue weighted by molar-refractivity contribution is 0.300. The zero-order chi connectivity index (χ0) is 11.5. The normalized spacial score (nSPS) is 10.6. The van der Waals surface area contributed by atoms with E-state index in [-0.39, 0.29) is 6.61 Å². The topological polar surface area (TPSA) is 51.2 Å². The average Bonchev–Trinajstić information content (AvgIpc) is 2.68. The monoisotopic (exact) mass is 216 g/mol. The van der Waals surface area contributed by atoms with Gasteiger partial charge in [-0.2, -0.15) is 0 Å². The summed E-state index contributed by atoms with van der Waals surface area (Å²) >= 11 is 0. The van der Waals surface area contributed by atoms with Gasteiger partial charge < -0.3 is 15.4 Å². The third-order valence-corrected chi connectivity index (χ3v) is 2.80. The first-order valence-corrected chi connectivity index (χ1v) is 5.34. The van der Waals surface area contributed by atoms with Crippen molar-refractivity contribution in [2.24, 2.45) is 7.05 Å². The van der Waals surface area contributed by atoms with Gasteiger partial charge in [-0.15, -0.1) is 0 Å². The van der Waals surface area contributed by atoms with Crippen LogP contribution in [0.15, 0.2) is 36.5 Å². The predicted molar refractivity (Wildman–Crippen MR) is 66.1 cm³/mol. The zero-order valence-electron chi connectivity index (χ0n) is 9.35. The molecule has 0 fully saturated rings. The van der Waals surface area contributed by atoms with Crippen LogP contribution in [0.25, 0.3) is 11.3 Å². The summed E-state index contributed by atoms with van der Waals surface area (Å²) < 4.78 is 2.04. The smallest absolute Gasteiger partial charge is 0.0498 e. The van der Waals surface area contributed by atoms with Crippen molar-refractivity contribution < 1.29 is 5.11 Å². The Morgan fingerprint density at radius 2 is 2.06 bits per heavy atom. The molecular weight excluding hydrogens is 200 g/mol. The van der Waals surface area contributed by atoms with Gasteiger partial charge in [-0.25, -0.2) is 0 Å². The first kappa shape index (κ1) is 10.8. The molecule has 0 aliphatic carbocycles. The van der Waals surface area contributed by atoms with E-state index in [9.17, 15) is 0 Å². The number of aryl methyl sites for hydroxylation is 1. The Kier molecular flexibility index (Phi) is 2.97. The fourth-order valence-electron chi connectivity index (χ4n) is 1.92. The summed E-state index contributed by atoms with van der Waals surface area (Å²) in [4.78, 5) is 0. The van der Waals surface area contributed by atoms with Gasteiger partial charge in [0, 0.05) is 36.8 Å². The molecule has 0 atom stereocenters. The van der Waals surface area contributed by atoms with Crippen molar-refractivity contribution in [3.8, 4) is 11.3 Å². The molecule has 1 aromatic carbocycles. The number of aliphatic hydroxyl groups excluding tert-OH is 1. The molecule has 0 bridgehead atoms. The molecule has 3 N–H and O–H groups in total. The Morgan fingerprint density at radius 3 is 2.69 bits per heavy atom. The Hall–Kier alpha value is -1.74. The number of nitrogen functional groups attached to an aromatic ring is 1. The lowest BCUT2D eigenvalue weighted by Crippen LogP contribution is -2.01. The van der Waals surface area contributed by atoms with Crippen LogP contribution in [0.4, 0.5) is 5.69 Å². The van der Waals surface area contributed by atoms with Crippen LogP contribution in [0.5, 0.6) is 0 Å². The number of aliphatic hydroxyl groups is 1. The highest BCUT2D eigenvalue weighted by molar-refractivity contribution is 5.76. The number of nitrogens with zero attached hydrogens (tertiary/aromatic N) is 1. The second-order valence-corrected chi connectivity index (χ2v) is 3.86. The molecular formula is C13H16N2O. The molecule has 0 spiro atoms. The summed E-state index contributed by atoms with van der Waals surface area (Å²) in [6.07, 6.45) is 2.59. The zero-order valence-corrected chi connectivity index (χ0v) is 9.35.